The molecule has 0 heterocycles. The maximum Gasteiger partial charge on any atom is 0.161 e. The van der Waals surface area contributed by atoms with Crippen molar-refractivity contribution >= 4 is 12.2 Å². The Hall–Kier alpha value is -2.68. The van der Waals surface area contributed by atoms with E-state index >= 15 is 0 Å². The fourth-order valence-corrected chi connectivity index (χ4v) is 2.47. The molecule has 0 unspecified atom stereocenters. The largest absolute Gasteiger partial charge is 0.508 e. The summed E-state index contributed by atoms with van der Waals surface area (Å²) < 4.78 is 5.12. The molecule has 2 aromatic carbocycles. The average Bonchev–Trinajstić information content (AvgIpc) is 2.53. The van der Waals surface area contributed by atoms with Crippen LogP contribution in [0.15, 0.2) is 42.5 Å². The normalized spacial score (nSPS) is 11.4. The molecule has 0 atom stereocenters. The van der Waals surface area contributed by atoms with Crippen molar-refractivity contribution in [2.75, 3.05) is 7.11 Å². The fourth-order valence-electron chi connectivity index (χ4n) is 2.47. The number of allylic oxidation sites excluding steroid dienone is 2. The Kier molecular flexibility index (Phi) is 5.47. The number of aryl methyl sites for hydroxylation is 1. The lowest BCUT2D eigenvalue weighted by Gasteiger charge is -2.09. The maximum atomic E-state index is 9.85. The van der Waals surface area contributed by atoms with Gasteiger partial charge in [0.2, 0.25) is 0 Å². The third-order valence-electron chi connectivity index (χ3n) is 3.71. The molecule has 0 saturated heterocycles. The number of phenolic OH excluding ortho intramolecular Hbond substituents is 2. The number of aromatic hydroxyl groups is 2. The standard InChI is InChI=1S/C20H22O3/c1-4-5-6-18-14(2)11-17(21)13-16(18)9-7-15-8-10-19(22)20(12-15)23-3/h4-5,7-13,21-22H,6H2,1-3H3/b5-4+,9-7+. The van der Waals surface area contributed by atoms with Crippen LogP contribution >= 0.6 is 0 Å². The highest BCUT2D eigenvalue weighted by molar-refractivity contribution is 5.73. The van der Waals surface area contributed by atoms with Crippen molar-refractivity contribution in [2.24, 2.45) is 0 Å². The molecule has 0 radical (unpaired) electrons. The number of rotatable bonds is 5. The molecule has 0 saturated carbocycles. The zero-order chi connectivity index (χ0) is 16.8. The van der Waals surface area contributed by atoms with Crippen LogP contribution in [0.4, 0.5) is 0 Å². The molecule has 120 valence electrons. The minimum absolute atomic E-state index is 0.117. The Morgan fingerprint density at radius 1 is 1.09 bits per heavy atom. The molecule has 3 nitrogen and oxygen atoms in total. The van der Waals surface area contributed by atoms with Crippen LogP contribution in [0, 0.1) is 6.92 Å². The lowest BCUT2D eigenvalue weighted by Crippen LogP contribution is -1.92. The number of ether oxygens (including phenoxy) is 1. The molecule has 0 amide bonds. The second-order valence-electron chi connectivity index (χ2n) is 5.37. The molecule has 0 spiro atoms. The second-order valence-corrected chi connectivity index (χ2v) is 5.37. The number of phenols is 2. The van der Waals surface area contributed by atoms with Crippen molar-refractivity contribution in [1.82, 2.24) is 0 Å². The molecule has 0 bridgehead atoms. The van der Waals surface area contributed by atoms with Gasteiger partial charge >= 0.3 is 0 Å². The van der Waals surface area contributed by atoms with Crippen molar-refractivity contribution < 1.29 is 14.9 Å². The number of hydrogen-bond donors (Lipinski definition) is 2. The van der Waals surface area contributed by atoms with E-state index in [9.17, 15) is 10.2 Å². The van der Waals surface area contributed by atoms with Gasteiger partial charge in [-0.05, 0) is 66.8 Å². The van der Waals surface area contributed by atoms with Gasteiger partial charge in [0.1, 0.15) is 5.75 Å². The first-order valence-corrected chi connectivity index (χ1v) is 7.54. The topological polar surface area (TPSA) is 49.7 Å². The van der Waals surface area contributed by atoms with Gasteiger partial charge < -0.3 is 14.9 Å². The molecule has 2 N–H and O–H groups in total. The number of benzene rings is 2. The molecule has 0 fully saturated rings. The molecule has 0 aliphatic rings. The first kappa shape index (κ1) is 16.7. The van der Waals surface area contributed by atoms with Crippen LogP contribution in [-0.4, -0.2) is 17.3 Å². The Morgan fingerprint density at radius 2 is 1.87 bits per heavy atom. The van der Waals surface area contributed by atoms with Gasteiger partial charge in [-0.25, -0.2) is 0 Å². The second kappa shape index (κ2) is 7.54. The Morgan fingerprint density at radius 3 is 2.57 bits per heavy atom. The molecule has 2 rings (SSSR count). The molecule has 2 aromatic rings. The molecule has 0 aliphatic heterocycles. The molecular weight excluding hydrogens is 288 g/mol. The average molecular weight is 310 g/mol. The summed E-state index contributed by atoms with van der Waals surface area (Å²) in [6, 6.07) is 8.73. The van der Waals surface area contributed by atoms with E-state index in [0.717, 1.165) is 23.1 Å². The third kappa shape index (κ3) is 4.16. The first-order chi connectivity index (χ1) is 11.0. The summed E-state index contributed by atoms with van der Waals surface area (Å²) in [7, 11) is 1.52. The summed E-state index contributed by atoms with van der Waals surface area (Å²) in [5, 5.41) is 19.5. The maximum absolute atomic E-state index is 9.85. The molecular formula is C20H22O3. The summed E-state index contributed by atoms with van der Waals surface area (Å²) in [6.07, 6.45) is 8.85. The Labute approximate surface area is 137 Å². The summed E-state index contributed by atoms with van der Waals surface area (Å²) in [4.78, 5) is 0. The molecule has 23 heavy (non-hydrogen) atoms. The van der Waals surface area contributed by atoms with Crippen molar-refractivity contribution in [2.45, 2.75) is 20.3 Å². The number of methoxy groups -OCH3 is 1. The summed E-state index contributed by atoms with van der Waals surface area (Å²) in [6.45, 7) is 3.99. The zero-order valence-corrected chi connectivity index (χ0v) is 13.7. The highest BCUT2D eigenvalue weighted by Crippen LogP contribution is 2.28. The van der Waals surface area contributed by atoms with E-state index in [0.29, 0.717) is 5.75 Å². The van der Waals surface area contributed by atoms with E-state index < -0.39 is 0 Å². The van der Waals surface area contributed by atoms with Crippen LogP contribution in [0.3, 0.4) is 0 Å². The quantitative estimate of drug-likeness (QED) is 0.621. The van der Waals surface area contributed by atoms with E-state index in [1.807, 2.05) is 38.1 Å². The molecule has 3 heteroatoms. The fraction of sp³-hybridized carbons (Fsp3) is 0.200. The monoisotopic (exact) mass is 310 g/mol. The van der Waals surface area contributed by atoms with Crippen LogP contribution in [0.2, 0.25) is 0 Å². The van der Waals surface area contributed by atoms with Crippen molar-refractivity contribution in [3.8, 4) is 17.2 Å². The Balaban J connectivity index is 2.38. The smallest absolute Gasteiger partial charge is 0.161 e. The van der Waals surface area contributed by atoms with Crippen LogP contribution < -0.4 is 4.74 Å². The highest BCUT2D eigenvalue weighted by atomic mass is 16.5. The van der Waals surface area contributed by atoms with Crippen molar-refractivity contribution in [3.63, 3.8) is 0 Å². The van der Waals surface area contributed by atoms with E-state index in [4.69, 9.17) is 4.74 Å². The molecule has 0 aromatic heterocycles. The van der Waals surface area contributed by atoms with Gasteiger partial charge in [0, 0.05) is 0 Å². The van der Waals surface area contributed by atoms with Crippen LogP contribution in [0.1, 0.15) is 29.2 Å². The predicted molar refractivity (Wildman–Crippen MR) is 94.9 cm³/mol. The zero-order valence-electron chi connectivity index (χ0n) is 13.7. The van der Waals surface area contributed by atoms with E-state index in [2.05, 4.69) is 6.08 Å². The SMILES string of the molecule is C/C=C/Cc1c(C)cc(O)cc1/C=C/c1ccc(O)c(OC)c1. The van der Waals surface area contributed by atoms with Gasteiger partial charge in [-0.3, -0.25) is 0 Å². The van der Waals surface area contributed by atoms with E-state index in [-0.39, 0.29) is 11.5 Å². The van der Waals surface area contributed by atoms with Gasteiger partial charge in [-0.2, -0.15) is 0 Å². The van der Waals surface area contributed by atoms with Gasteiger partial charge in [0.25, 0.3) is 0 Å². The lowest BCUT2D eigenvalue weighted by molar-refractivity contribution is 0.373. The Bertz CT molecular complexity index is 743. The highest BCUT2D eigenvalue weighted by Gasteiger charge is 2.05. The summed E-state index contributed by atoms with van der Waals surface area (Å²) in [5.41, 5.74) is 4.14. The van der Waals surface area contributed by atoms with Crippen LogP contribution in [0.5, 0.6) is 17.2 Å². The van der Waals surface area contributed by atoms with Crippen LogP contribution in [-0.2, 0) is 6.42 Å². The van der Waals surface area contributed by atoms with Crippen LogP contribution in [0.25, 0.3) is 12.2 Å². The van der Waals surface area contributed by atoms with E-state index in [1.165, 1.54) is 12.7 Å². The minimum Gasteiger partial charge on any atom is -0.508 e. The number of hydrogen-bond acceptors (Lipinski definition) is 3. The third-order valence-corrected chi connectivity index (χ3v) is 3.71. The van der Waals surface area contributed by atoms with Gasteiger partial charge in [-0.1, -0.05) is 30.4 Å². The first-order valence-electron chi connectivity index (χ1n) is 7.54. The van der Waals surface area contributed by atoms with Crippen molar-refractivity contribution in [1.29, 1.82) is 0 Å². The van der Waals surface area contributed by atoms with Gasteiger partial charge in [-0.15, -0.1) is 0 Å². The minimum atomic E-state index is 0.117. The van der Waals surface area contributed by atoms with Crippen molar-refractivity contribution in [3.05, 3.63) is 64.7 Å². The lowest BCUT2D eigenvalue weighted by atomic mass is 9.97. The summed E-state index contributed by atoms with van der Waals surface area (Å²) >= 11 is 0. The van der Waals surface area contributed by atoms with Gasteiger partial charge in [0.05, 0.1) is 7.11 Å². The summed E-state index contributed by atoms with van der Waals surface area (Å²) in [5.74, 6) is 0.815. The molecule has 0 aliphatic carbocycles. The van der Waals surface area contributed by atoms with Gasteiger partial charge in [0.15, 0.2) is 11.5 Å². The predicted octanol–water partition coefficient (Wildman–Crippen LogP) is 4.70. The van der Waals surface area contributed by atoms with E-state index in [1.54, 1.807) is 24.3 Å².